The molecule has 0 atom stereocenters. The van der Waals surface area contributed by atoms with Gasteiger partial charge in [-0.1, -0.05) is 66.5 Å². The van der Waals surface area contributed by atoms with Gasteiger partial charge in [-0.05, 0) is 105 Å². The van der Waals surface area contributed by atoms with Crippen LogP contribution >= 0.6 is 0 Å². The maximum atomic E-state index is 15.1. The van der Waals surface area contributed by atoms with E-state index in [2.05, 4.69) is 60.9 Å². The monoisotopic (exact) mass is 450 g/mol. The van der Waals surface area contributed by atoms with Crippen molar-refractivity contribution < 1.29 is 4.39 Å². The van der Waals surface area contributed by atoms with Crippen LogP contribution in [-0.4, -0.2) is 0 Å². The van der Waals surface area contributed by atoms with Gasteiger partial charge in [0.15, 0.2) is 0 Å². The van der Waals surface area contributed by atoms with Gasteiger partial charge in [-0.3, -0.25) is 0 Å². The molecule has 3 aromatic rings. The summed E-state index contributed by atoms with van der Waals surface area (Å²) in [7, 11) is 0. The molecule has 0 bridgehead atoms. The molecular weight excluding hydrogens is 415 g/mol. The second-order valence-electron chi connectivity index (χ2n) is 9.55. The van der Waals surface area contributed by atoms with Crippen LogP contribution in [0.2, 0.25) is 0 Å². The summed E-state index contributed by atoms with van der Waals surface area (Å²) in [4.78, 5) is 0. The summed E-state index contributed by atoms with van der Waals surface area (Å²) in [6, 6.07) is 18.4. The highest BCUT2D eigenvalue weighted by atomic mass is 19.1. The molecule has 0 nitrogen and oxygen atoms in total. The maximum Gasteiger partial charge on any atom is 0.146 e. The minimum absolute atomic E-state index is 0.227. The summed E-state index contributed by atoms with van der Waals surface area (Å²) in [5.74, 6) is 7.52. The number of hydrogen-bond donors (Lipinski definition) is 0. The maximum absolute atomic E-state index is 15.1. The Morgan fingerprint density at radius 3 is 2.47 bits per heavy atom. The van der Waals surface area contributed by atoms with Gasteiger partial charge >= 0.3 is 0 Å². The molecule has 1 aliphatic rings. The number of aryl methyl sites for hydroxylation is 1. The van der Waals surface area contributed by atoms with Gasteiger partial charge in [-0.15, -0.1) is 6.58 Å². The van der Waals surface area contributed by atoms with Crippen LogP contribution in [0.15, 0.2) is 79.4 Å². The quantitative estimate of drug-likeness (QED) is 0.249. The topological polar surface area (TPSA) is 0 Å². The van der Waals surface area contributed by atoms with E-state index in [4.69, 9.17) is 0 Å². The lowest BCUT2D eigenvalue weighted by atomic mass is 9.77. The Morgan fingerprint density at radius 1 is 0.941 bits per heavy atom. The van der Waals surface area contributed by atoms with Crippen LogP contribution in [-0.2, 0) is 6.42 Å². The van der Waals surface area contributed by atoms with E-state index in [1.165, 1.54) is 43.2 Å². The van der Waals surface area contributed by atoms with Crippen molar-refractivity contribution >= 4 is 10.8 Å². The fourth-order valence-electron chi connectivity index (χ4n) is 5.13. The lowest BCUT2D eigenvalue weighted by Gasteiger charge is -2.28. The van der Waals surface area contributed by atoms with Crippen LogP contribution in [0.1, 0.15) is 80.0 Å². The summed E-state index contributed by atoms with van der Waals surface area (Å²) < 4.78 is 15.1. The highest BCUT2D eigenvalue weighted by molar-refractivity contribution is 5.85. The Hall–Kier alpha value is -3.11. The van der Waals surface area contributed by atoms with Crippen molar-refractivity contribution in [2.24, 2.45) is 5.92 Å². The van der Waals surface area contributed by atoms with Crippen molar-refractivity contribution in [1.29, 1.82) is 0 Å². The molecule has 0 N–H and O–H groups in total. The Bertz CT molecular complexity index is 1200. The smallest absolute Gasteiger partial charge is 0.146 e. The second-order valence-corrected chi connectivity index (χ2v) is 9.55. The van der Waals surface area contributed by atoms with Gasteiger partial charge in [0.25, 0.3) is 0 Å². The molecule has 3 aromatic carbocycles. The Labute approximate surface area is 204 Å². The van der Waals surface area contributed by atoms with Crippen molar-refractivity contribution in [3.05, 3.63) is 107 Å². The number of hydrogen-bond acceptors (Lipinski definition) is 0. The molecule has 1 heteroatoms. The molecule has 34 heavy (non-hydrogen) atoms. The van der Waals surface area contributed by atoms with Gasteiger partial charge in [0.05, 0.1) is 5.56 Å². The summed E-state index contributed by atoms with van der Waals surface area (Å²) in [6.07, 6.45) is 15.8. The molecule has 0 unspecified atom stereocenters. The zero-order valence-corrected chi connectivity index (χ0v) is 20.3. The molecule has 1 saturated carbocycles. The largest absolute Gasteiger partial charge is 0.205 e. The zero-order valence-electron chi connectivity index (χ0n) is 20.3. The van der Waals surface area contributed by atoms with Crippen LogP contribution in [0.3, 0.4) is 0 Å². The summed E-state index contributed by atoms with van der Waals surface area (Å²) in [6.45, 7) is 5.88. The standard InChI is InChI=1S/C33H35F/c1-3-5-7-9-27-15-23-32-31(24-27)22-21-30(33(32)34)20-14-26-12-18-29(19-13-26)28-16-10-25(11-17-28)8-6-4-2/h3-5,12-13,15,18-19,21-25,28H,2,6-11,16-17H2,1H3/b5-3+. The average Bonchev–Trinajstić information content (AvgIpc) is 2.88. The van der Waals surface area contributed by atoms with E-state index >= 15 is 4.39 Å². The Balaban J connectivity index is 1.42. The fourth-order valence-corrected chi connectivity index (χ4v) is 5.13. The van der Waals surface area contributed by atoms with Crippen LogP contribution in [0.4, 0.5) is 4.39 Å². The van der Waals surface area contributed by atoms with E-state index in [0.29, 0.717) is 16.9 Å². The molecule has 0 heterocycles. The molecule has 0 aromatic heterocycles. The van der Waals surface area contributed by atoms with Crippen molar-refractivity contribution in [2.75, 3.05) is 0 Å². The third kappa shape index (κ3) is 6.06. The Morgan fingerprint density at radius 2 is 1.74 bits per heavy atom. The van der Waals surface area contributed by atoms with Crippen molar-refractivity contribution in [2.45, 2.75) is 64.2 Å². The molecule has 0 saturated heterocycles. The lowest BCUT2D eigenvalue weighted by molar-refractivity contribution is 0.312. The van der Waals surface area contributed by atoms with Crippen LogP contribution in [0.25, 0.3) is 10.8 Å². The molecule has 1 aliphatic carbocycles. The molecule has 0 aliphatic heterocycles. The number of benzene rings is 3. The average molecular weight is 451 g/mol. The van der Waals surface area contributed by atoms with E-state index in [1.54, 1.807) is 6.07 Å². The van der Waals surface area contributed by atoms with E-state index in [0.717, 1.165) is 36.1 Å². The molecule has 0 amide bonds. The van der Waals surface area contributed by atoms with Gasteiger partial charge in [0, 0.05) is 10.9 Å². The van der Waals surface area contributed by atoms with Crippen molar-refractivity contribution in [3.63, 3.8) is 0 Å². The number of rotatable bonds is 7. The fraction of sp³-hybridized carbons (Fsp3) is 0.333. The summed E-state index contributed by atoms with van der Waals surface area (Å²) >= 11 is 0. The SMILES string of the molecule is C=CCCC1CCC(c2ccc(C#Cc3ccc4cc(CC/C=C/C)ccc4c3F)cc2)CC1. The van der Waals surface area contributed by atoms with E-state index < -0.39 is 0 Å². The van der Waals surface area contributed by atoms with Gasteiger partial charge < -0.3 is 0 Å². The molecule has 4 rings (SSSR count). The van der Waals surface area contributed by atoms with Gasteiger partial charge in [-0.2, -0.15) is 0 Å². The second kappa shape index (κ2) is 11.8. The third-order valence-corrected chi connectivity index (χ3v) is 7.20. The van der Waals surface area contributed by atoms with Gasteiger partial charge in [-0.25, -0.2) is 4.39 Å². The molecule has 0 spiro atoms. The normalized spacial score (nSPS) is 18.1. The van der Waals surface area contributed by atoms with Crippen LogP contribution in [0.5, 0.6) is 0 Å². The minimum atomic E-state index is -0.227. The minimum Gasteiger partial charge on any atom is -0.205 e. The Kier molecular flexibility index (Phi) is 8.37. The van der Waals surface area contributed by atoms with E-state index in [1.807, 2.05) is 31.2 Å². The first-order valence-corrected chi connectivity index (χ1v) is 12.7. The molecule has 174 valence electrons. The van der Waals surface area contributed by atoms with Crippen molar-refractivity contribution in [3.8, 4) is 11.8 Å². The molecular formula is C33H35F. The predicted octanol–water partition coefficient (Wildman–Crippen LogP) is 9.13. The first-order chi connectivity index (χ1) is 16.7. The third-order valence-electron chi connectivity index (χ3n) is 7.20. The number of halogens is 1. The van der Waals surface area contributed by atoms with Crippen LogP contribution in [0, 0.1) is 23.6 Å². The van der Waals surface area contributed by atoms with Crippen LogP contribution < -0.4 is 0 Å². The molecule has 1 fully saturated rings. The number of fused-ring (bicyclic) bond motifs is 1. The van der Waals surface area contributed by atoms with Gasteiger partial charge in [0.1, 0.15) is 5.82 Å². The van der Waals surface area contributed by atoms with E-state index in [-0.39, 0.29) is 5.82 Å². The number of allylic oxidation sites excluding steroid dienone is 3. The van der Waals surface area contributed by atoms with Crippen molar-refractivity contribution in [1.82, 2.24) is 0 Å². The summed E-state index contributed by atoms with van der Waals surface area (Å²) in [5.41, 5.74) is 4.03. The predicted molar refractivity (Wildman–Crippen MR) is 144 cm³/mol. The highest BCUT2D eigenvalue weighted by Crippen LogP contribution is 2.37. The highest BCUT2D eigenvalue weighted by Gasteiger charge is 2.21. The zero-order chi connectivity index (χ0) is 23.8. The molecule has 0 radical (unpaired) electrons. The lowest BCUT2D eigenvalue weighted by Crippen LogP contribution is -2.13. The first-order valence-electron chi connectivity index (χ1n) is 12.7. The summed E-state index contributed by atoms with van der Waals surface area (Å²) in [5, 5.41) is 1.57. The first kappa shape index (κ1) is 24.0. The van der Waals surface area contributed by atoms with E-state index in [9.17, 15) is 0 Å². The van der Waals surface area contributed by atoms with Gasteiger partial charge in [0.2, 0.25) is 0 Å².